The second kappa shape index (κ2) is 6.50. The summed E-state index contributed by atoms with van der Waals surface area (Å²) in [5.74, 6) is -0.413. The van der Waals surface area contributed by atoms with Crippen LogP contribution in [0.5, 0.6) is 0 Å². The summed E-state index contributed by atoms with van der Waals surface area (Å²) in [5, 5.41) is 9.95. The number of nitrogens with two attached hydrogens (primary N) is 1. The van der Waals surface area contributed by atoms with Gasteiger partial charge >= 0.3 is 0 Å². The molecule has 0 aromatic heterocycles. The van der Waals surface area contributed by atoms with Crippen molar-refractivity contribution in [3.8, 4) is 0 Å². The molecule has 0 saturated carbocycles. The van der Waals surface area contributed by atoms with Crippen molar-refractivity contribution in [2.24, 2.45) is 5.73 Å². The number of carbonyl (C=O) groups is 1. The number of likely N-dealkylation sites (N-methyl/N-ethyl adjacent to an activating group) is 1. The fourth-order valence-corrected chi connectivity index (χ4v) is 2.53. The van der Waals surface area contributed by atoms with Crippen molar-refractivity contribution in [2.75, 3.05) is 13.1 Å². The molecule has 1 rings (SSSR count). The summed E-state index contributed by atoms with van der Waals surface area (Å²) in [4.78, 5) is 13.7. The highest BCUT2D eigenvalue weighted by atomic mass is 79.9. The number of carbonyl (C=O) groups excluding carboxylic acids is 1. The Morgan fingerprint density at radius 3 is 2.58 bits per heavy atom. The monoisotopic (exact) mass is 328 g/mol. The molecule has 1 amide bonds. The van der Waals surface area contributed by atoms with Gasteiger partial charge in [-0.05, 0) is 38.1 Å². The second-order valence-electron chi connectivity index (χ2n) is 5.24. The smallest absolute Gasteiger partial charge is 0.239 e. The molecule has 0 heterocycles. The van der Waals surface area contributed by atoms with Crippen molar-refractivity contribution in [2.45, 2.75) is 32.4 Å². The molecule has 1 aromatic carbocycles. The van der Waals surface area contributed by atoms with Crippen molar-refractivity contribution >= 4 is 21.8 Å². The average molecular weight is 329 g/mol. The van der Waals surface area contributed by atoms with Gasteiger partial charge in [-0.2, -0.15) is 0 Å². The molecule has 0 spiro atoms. The Bertz CT molecular complexity index is 443. The van der Waals surface area contributed by atoms with E-state index >= 15 is 0 Å². The molecule has 1 unspecified atom stereocenters. The molecule has 0 aliphatic carbocycles. The van der Waals surface area contributed by atoms with Crippen LogP contribution >= 0.6 is 15.9 Å². The quantitative estimate of drug-likeness (QED) is 0.840. The van der Waals surface area contributed by atoms with Gasteiger partial charge in [0.05, 0.1) is 5.60 Å². The SMILES string of the molecule is CCN(CC(C)(C)O)C(C(N)=O)c1cccc(Br)c1. The number of benzene rings is 1. The molecular formula is C14H21BrN2O2. The minimum atomic E-state index is -0.879. The van der Waals surface area contributed by atoms with E-state index in [2.05, 4.69) is 15.9 Å². The lowest BCUT2D eigenvalue weighted by Crippen LogP contribution is -2.45. The molecule has 0 saturated heterocycles. The highest BCUT2D eigenvalue weighted by molar-refractivity contribution is 9.10. The van der Waals surface area contributed by atoms with Crippen molar-refractivity contribution < 1.29 is 9.90 Å². The van der Waals surface area contributed by atoms with Crippen LogP contribution in [0.3, 0.4) is 0 Å². The normalized spacial score (nSPS) is 13.6. The van der Waals surface area contributed by atoms with Crippen molar-refractivity contribution in [3.05, 3.63) is 34.3 Å². The summed E-state index contributed by atoms with van der Waals surface area (Å²) in [7, 11) is 0. The van der Waals surface area contributed by atoms with E-state index in [1.807, 2.05) is 36.1 Å². The zero-order valence-corrected chi connectivity index (χ0v) is 13.1. The highest BCUT2D eigenvalue weighted by Gasteiger charge is 2.28. The Labute approximate surface area is 122 Å². The minimum Gasteiger partial charge on any atom is -0.389 e. The number of nitrogens with zero attached hydrogens (tertiary/aromatic N) is 1. The van der Waals surface area contributed by atoms with Crippen LogP contribution in [0.2, 0.25) is 0 Å². The number of aliphatic hydroxyl groups is 1. The van der Waals surface area contributed by atoms with Gasteiger partial charge < -0.3 is 10.8 Å². The third-order valence-corrected chi connectivity index (χ3v) is 3.29. The van der Waals surface area contributed by atoms with Crippen LogP contribution in [-0.2, 0) is 4.79 Å². The van der Waals surface area contributed by atoms with Crippen LogP contribution < -0.4 is 5.73 Å². The Kier molecular flexibility index (Phi) is 5.52. The molecule has 0 bridgehead atoms. The van der Waals surface area contributed by atoms with Crippen LogP contribution in [0.25, 0.3) is 0 Å². The number of primary amides is 1. The Hall–Kier alpha value is -0.910. The fraction of sp³-hybridized carbons (Fsp3) is 0.500. The number of hydrogen-bond donors (Lipinski definition) is 2. The zero-order chi connectivity index (χ0) is 14.6. The maximum Gasteiger partial charge on any atom is 0.239 e. The second-order valence-corrected chi connectivity index (χ2v) is 6.15. The van der Waals surface area contributed by atoms with Gasteiger partial charge in [-0.3, -0.25) is 9.69 Å². The topological polar surface area (TPSA) is 66.6 Å². The van der Waals surface area contributed by atoms with E-state index in [0.717, 1.165) is 10.0 Å². The summed E-state index contributed by atoms with van der Waals surface area (Å²) in [5.41, 5.74) is 5.48. The molecule has 1 aromatic rings. The zero-order valence-electron chi connectivity index (χ0n) is 11.6. The first kappa shape index (κ1) is 16.1. The molecule has 19 heavy (non-hydrogen) atoms. The molecule has 0 radical (unpaired) electrons. The standard InChI is InChI=1S/C14H21BrN2O2/c1-4-17(9-14(2,3)19)12(13(16)18)10-6-5-7-11(15)8-10/h5-8,12,19H,4,9H2,1-3H3,(H2,16,18). The van der Waals surface area contributed by atoms with Crippen LogP contribution in [0.4, 0.5) is 0 Å². The Balaban J connectivity index is 3.08. The molecular weight excluding hydrogens is 308 g/mol. The predicted molar refractivity (Wildman–Crippen MR) is 79.6 cm³/mol. The summed E-state index contributed by atoms with van der Waals surface area (Å²) in [6.45, 7) is 6.39. The average Bonchev–Trinajstić information content (AvgIpc) is 2.26. The van der Waals surface area contributed by atoms with Gasteiger partial charge in [0.1, 0.15) is 6.04 Å². The van der Waals surface area contributed by atoms with E-state index in [4.69, 9.17) is 5.73 Å². The van der Waals surface area contributed by atoms with Crippen molar-refractivity contribution in [1.82, 2.24) is 4.90 Å². The Morgan fingerprint density at radius 2 is 2.16 bits per heavy atom. The van der Waals surface area contributed by atoms with E-state index in [1.54, 1.807) is 13.8 Å². The van der Waals surface area contributed by atoms with Crippen LogP contribution in [0.1, 0.15) is 32.4 Å². The lowest BCUT2D eigenvalue weighted by molar-refractivity contribution is -0.124. The Morgan fingerprint density at radius 1 is 1.53 bits per heavy atom. The van der Waals surface area contributed by atoms with Gasteiger partial charge in [0.15, 0.2) is 0 Å². The molecule has 106 valence electrons. The highest BCUT2D eigenvalue weighted by Crippen LogP contribution is 2.24. The van der Waals surface area contributed by atoms with Gasteiger partial charge in [0, 0.05) is 11.0 Å². The van der Waals surface area contributed by atoms with Crippen LogP contribution in [0.15, 0.2) is 28.7 Å². The predicted octanol–water partition coefficient (Wildman–Crippen LogP) is 2.07. The van der Waals surface area contributed by atoms with Crippen LogP contribution in [-0.4, -0.2) is 34.6 Å². The lowest BCUT2D eigenvalue weighted by Gasteiger charge is -2.33. The fourth-order valence-electron chi connectivity index (χ4n) is 2.11. The van der Waals surface area contributed by atoms with E-state index in [1.165, 1.54) is 0 Å². The molecule has 1 atom stereocenters. The van der Waals surface area contributed by atoms with E-state index in [0.29, 0.717) is 13.1 Å². The van der Waals surface area contributed by atoms with Gasteiger partial charge in [-0.25, -0.2) is 0 Å². The number of halogens is 1. The maximum absolute atomic E-state index is 11.8. The van der Waals surface area contributed by atoms with Gasteiger partial charge in [-0.1, -0.05) is 35.0 Å². The number of hydrogen-bond acceptors (Lipinski definition) is 3. The molecule has 4 nitrogen and oxygen atoms in total. The van der Waals surface area contributed by atoms with Crippen LogP contribution in [0, 0.1) is 0 Å². The summed E-state index contributed by atoms with van der Waals surface area (Å²) in [6.07, 6.45) is 0. The number of rotatable bonds is 6. The summed E-state index contributed by atoms with van der Waals surface area (Å²) in [6, 6.07) is 6.98. The molecule has 0 fully saturated rings. The van der Waals surface area contributed by atoms with Crippen molar-refractivity contribution in [1.29, 1.82) is 0 Å². The first-order chi connectivity index (χ1) is 8.74. The van der Waals surface area contributed by atoms with E-state index < -0.39 is 17.6 Å². The minimum absolute atomic E-state index is 0.379. The molecule has 0 aliphatic rings. The number of amides is 1. The summed E-state index contributed by atoms with van der Waals surface area (Å²) >= 11 is 3.39. The molecule has 0 aliphatic heterocycles. The molecule has 3 N–H and O–H groups in total. The van der Waals surface area contributed by atoms with E-state index in [9.17, 15) is 9.90 Å². The van der Waals surface area contributed by atoms with Gasteiger partial charge in [0.2, 0.25) is 5.91 Å². The van der Waals surface area contributed by atoms with E-state index in [-0.39, 0.29) is 0 Å². The summed E-state index contributed by atoms with van der Waals surface area (Å²) < 4.78 is 0.899. The van der Waals surface area contributed by atoms with Gasteiger partial charge in [-0.15, -0.1) is 0 Å². The first-order valence-electron chi connectivity index (χ1n) is 6.26. The first-order valence-corrected chi connectivity index (χ1v) is 7.05. The van der Waals surface area contributed by atoms with Crippen molar-refractivity contribution in [3.63, 3.8) is 0 Å². The maximum atomic E-state index is 11.8. The largest absolute Gasteiger partial charge is 0.389 e. The third-order valence-electron chi connectivity index (χ3n) is 2.80. The molecule has 5 heteroatoms. The third kappa shape index (κ3) is 4.93. The lowest BCUT2D eigenvalue weighted by atomic mass is 10.0. The van der Waals surface area contributed by atoms with Gasteiger partial charge in [0.25, 0.3) is 0 Å².